The maximum absolute atomic E-state index is 14.4. The summed E-state index contributed by atoms with van der Waals surface area (Å²) in [6, 6.07) is 1.65. The molecule has 0 unspecified atom stereocenters. The highest BCUT2D eigenvalue weighted by Gasteiger charge is 2.28. The van der Waals surface area contributed by atoms with Crippen LogP contribution in [0.5, 0.6) is 5.75 Å². The van der Waals surface area contributed by atoms with Crippen LogP contribution >= 0.6 is 0 Å². The normalized spacial score (nSPS) is 22.3. The van der Waals surface area contributed by atoms with E-state index in [-0.39, 0.29) is 11.7 Å². The first-order valence-electron chi connectivity index (χ1n) is 8.19. The molecule has 0 amide bonds. The Hall–Kier alpha value is -1.12. The largest absolute Gasteiger partial charge is 0.491 e. The molecule has 1 aliphatic rings. The molecular weight excluding hydrogens is 270 g/mol. The van der Waals surface area contributed by atoms with Crippen molar-refractivity contribution in [2.75, 3.05) is 6.61 Å². The summed E-state index contributed by atoms with van der Waals surface area (Å²) in [7, 11) is 0. The van der Waals surface area contributed by atoms with E-state index >= 15 is 0 Å². The van der Waals surface area contributed by atoms with Gasteiger partial charge in [-0.3, -0.25) is 0 Å². The molecule has 0 heterocycles. The van der Waals surface area contributed by atoms with Gasteiger partial charge in [0.2, 0.25) is 5.82 Å². The number of hydrogen-bond donors (Lipinski definition) is 0. The molecule has 1 aromatic carbocycles. The average molecular weight is 296 g/mol. The maximum Gasteiger partial charge on any atom is 0.200 e. The lowest BCUT2D eigenvalue weighted by Crippen LogP contribution is -2.16. The Balaban J connectivity index is 2.19. The molecule has 1 nitrogen and oxygen atoms in total. The van der Waals surface area contributed by atoms with Gasteiger partial charge in [-0.2, -0.15) is 4.39 Å². The van der Waals surface area contributed by atoms with E-state index in [4.69, 9.17) is 4.74 Å². The van der Waals surface area contributed by atoms with Crippen molar-refractivity contribution in [2.45, 2.75) is 65.2 Å². The van der Waals surface area contributed by atoms with E-state index in [2.05, 4.69) is 6.92 Å². The Kier molecular flexibility index (Phi) is 5.60. The second-order valence-electron chi connectivity index (χ2n) is 6.17. The van der Waals surface area contributed by atoms with Crippen LogP contribution in [0.2, 0.25) is 0 Å². The van der Waals surface area contributed by atoms with Gasteiger partial charge in [-0.15, -0.1) is 0 Å². The van der Waals surface area contributed by atoms with Crippen molar-refractivity contribution in [3.05, 3.63) is 28.8 Å². The standard InChI is InChI=1S/C18H26F2O/c1-4-6-13-7-9-14(10-8-13)16-12(3)11-15(21-5-2)17(19)18(16)20/h11,13-14H,4-10H2,1-3H3. The predicted molar refractivity (Wildman–Crippen MR) is 81.9 cm³/mol. The summed E-state index contributed by atoms with van der Waals surface area (Å²) in [5.41, 5.74) is 1.39. The Morgan fingerprint density at radius 1 is 1.10 bits per heavy atom. The minimum atomic E-state index is -0.826. The number of hydrogen-bond acceptors (Lipinski definition) is 1. The van der Waals surface area contributed by atoms with Crippen LogP contribution in [-0.4, -0.2) is 6.61 Å². The highest BCUT2D eigenvalue weighted by molar-refractivity contribution is 5.40. The van der Waals surface area contributed by atoms with E-state index in [1.807, 2.05) is 6.92 Å². The second kappa shape index (κ2) is 7.24. The van der Waals surface area contributed by atoms with E-state index in [0.29, 0.717) is 12.2 Å². The van der Waals surface area contributed by atoms with Crippen LogP contribution in [-0.2, 0) is 0 Å². The highest BCUT2D eigenvalue weighted by Crippen LogP contribution is 2.41. The van der Waals surface area contributed by atoms with Gasteiger partial charge in [0.25, 0.3) is 0 Å². The molecule has 0 N–H and O–H groups in total. The Morgan fingerprint density at radius 3 is 2.33 bits per heavy atom. The summed E-state index contributed by atoms with van der Waals surface area (Å²) < 4.78 is 33.7. The first-order valence-corrected chi connectivity index (χ1v) is 8.19. The molecular formula is C18H26F2O. The fourth-order valence-electron chi connectivity index (χ4n) is 3.65. The minimum Gasteiger partial charge on any atom is -0.491 e. The third-order valence-electron chi connectivity index (χ3n) is 4.67. The molecule has 0 radical (unpaired) electrons. The molecule has 1 saturated carbocycles. The van der Waals surface area contributed by atoms with Crippen LogP contribution in [0.15, 0.2) is 6.07 Å². The van der Waals surface area contributed by atoms with Gasteiger partial charge < -0.3 is 4.74 Å². The van der Waals surface area contributed by atoms with Crippen LogP contribution < -0.4 is 4.74 Å². The van der Waals surface area contributed by atoms with E-state index in [1.165, 1.54) is 12.8 Å². The molecule has 118 valence electrons. The molecule has 0 spiro atoms. The van der Waals surface area contributed by atoms with Gasteiger partial charge in [0.05, 0.1) is 6.61 Å². The molecule has 0 aliphatic heterocycles. The van der Waals surface area contributed by atoms with Crippen molar-refractivity contribution < 1.29 is 13.5 Å². The molecule has 1 fully saturated rings. The molecule has 2 rings (SSSR count). The lowest BCUT2D eigenvalue weighted by molar-refractivity contribution is 0.295. The molecule has 1 aromatic rings. The summed E-state index contributed by atoms with van der Waals surface area (Å²) >= 11 is 0. The third-order valence-corrected chi connectivity index (χ3v) is 4.67. The first-order chi connectivity index (χ1) is 10.1. The van der Waals surface area contributed by atoms with Crippen molar-refractivity contribution in [1.29, 1.82) is 0 Å². The quantitative estimate of drug-likeness (QED) is 0.672. The number of aryl methyl sites for hydroxylation is 1. The topological polar surface area (TPSA) is 9.23 Å². The average Bonchev–Trinajstić information content (AvgIpc) is 2.47. The van der Waals surface area contributed by atoms with Crippen LogP contribution in [0.25, 0.3) is 0 Å². The zero-order valence-electron chi connectivity index (χ0n) is 13.3. The van der Waals surface area contributed by atoms with Crippen molar-refractivity contribution in [1.82, 2.24) is 0 Å². The van der Waals surface area contributed by atoms with E-state index in [1.54, 1.807) is 13.0 Å². The summed E-state index contributed by atoms with van der Waals surface area (Å²) in [5.74, 6) is -0.563. The number of ether oxygens (including phenoxy) is 1. The van der Waals surface area contributed by atoms with E-state index < -0.39 is 11.6 Å². The molecule has 0 bridgehead atoms. The molecule has 3 heteroatoms. The Labute approximate surface area is 126 Å². The third kappa shape index (κ3) is 3.56. The molecule has 0 atom stereocenters. The number of benzene rings is 1. The summed E-state index contributed by atoms with van der Waals surface area (Å²) in [4.78, 5) is 0. The molecule has 1 aliphatic carbocycles. The minimum absolute atomic E-state index is 0.0379. The van der Waals surface area contributed by atoms with Gasteiger partial charge in [-0.05, 0) is 68.6 Å². The van der Waals surface area contributed by atoms with Crippen LogP contribution in [0.3, 0.4) is 0 Å². The fraction of sp³-hybridized carbons (Fsp3) is 0.667. The van der Waals surface area contributed by atoms with Crippen molar-refractivity contribution >= 4 is 0 Å². The first kappa shape index (κ1) is 16.3. The monoisotopic (exact) mass is 296 g/mol. The number of halogens is 2. The molecule has 0 aromatic heterocycles. The van der Waals surface area contributed by atoms with Crippen LogP contribution in [0, 0.1) is 24.5 Å². The number of rotatable bonds is 5. The Bertz CT molecular complexity index is 477. The van der Waals surface area contributed by atoms with Gasteiger partial charge in [-0.1, -0.05) is 19.8 Å². The van der Waals surface area contributed by atoms with Gasteiger partial charge in [0, 0.05) is 0 Å². The summed E-state index contributed by atoms with van der Waals surface area (Å²) in [6.45, 7) is 6.18. The van der Waals surface area contributed by atoms with Gasteiger partial charge in [-0.25, -0.2) is 4.39 Å². The molecule has 21 heavy (non-hydrogen) atoms. The van der Waals surface area contributed by atoms with Gasteiger partial charge >= 0.3 is 0 Å². The fourth-order valence-corrected chi connectivity index (χ4v) is 3.65. The van der Waals surface area contributed by atoms with Gasteiger partial charge in [0.15, 0.2) is 11.6 Å². The van der Waals surface area contributed by atoms with Crippen LogP contribution in [0.1, 0.15) is 69.4 Å². The van der Waals surface area contributed by atoms with Gasteiger partial charge in [0.1, 0.15) is 0 Å². The van der Waals surface area contributed by atoms with Crippen molar-refractivity contribution in [3.8, 4) is 5.75 Å². The van der Waals surface area contributed by atoms with Crippen LogP contribution in [0.4, 0.5) is 8.78 Å². The van der Waals surface area contributed by atoms with E-state index in [0.717, 1.165) is 37.2 Å². The zero-order valence-corrected chi connectivity index (χ0v) is 13.3. The highest BCUT2D eigenvalue weighted by atomic mass is 19.2. The SMILES string of the molecule is CCCC1CCC(c2c(C)cc(OCC)c(F)c2F)CC1. The lowest BCUT2D eigenvalue weighted by Gasteiger charge is -2.30. The summed E-state index contributed by atoms with van der Waals surface area (Å²) in [6.07, 6.45) is 6.66. The van der Waals surface area contributed by atoms with E-state index in [9.17, 15) is 8.78 Å². The smallest absolute Gasteiger partial charge is 0.200 e. The lowest BCUT2D eigenvalue weighted by atomic mass is 9.76. The zero-order chi connectivity index (χ0) is 15.4. The van der Waals surface area contributed by atoms with Crippen molar-refractivity contribution in [3.63, 3.8) is 0 Å². The Morgan fingerprint density at radius 2 is 1.76 bits per heavy atom. The summed E-state index contributed by atoms with van der Waals surface area (Å²) in [5, 5.41) is 0. The maximum atomic E-state index is 14.4. The molecule has 0 saturated heterocycles. The second-order valence-corrected chi connectivity index (χ2v) is 6.17. The predicted octanol–water partition coefficient (Wildman–Crippen LogP) is 5.75. The van der Waals surface area contributed by atoms with Crippen molar-refractivity contribution in [2.24, 2.45) is 5.92 Å².